The third-order valence-corrected chi connectivity index (χ3v) is 4.58. The van der Waals surface area contributed by atoms with Gasteiger partial charge in [-0.2, -0.15) is 0 Å². The van der Waals surface area contributed by atoms with E-state index in [2.05, 4.69) is 45.0 Å². The molecule has 0 aromatic carbocycles. The van der Waals surface area contributed by atoms with Crippen LogP contribution in [0, 0.1) is 17.8 Å². The number of nitrogens with zero attached hydrogens (tertiary/aromatic N) is 1. The maximum atomic E-state index is 3.70. The third kappa shape index (κ3) is 5.27. The molecule has 2 nitrogen and oxygen atoms in total. The Morgan fingerprint density at radius 2 is 2.00 bits per heavy atom. The summed E-state index contributed by atoms with van der Waals surface area (Å²) in [6, 6.07) is 0.755. The van der Waals surface area contributed by atoms with Gasteiger partial charge in [0.25, 0.3) is 0 Å². The summed E-state index contributed by atoms with van der Waals surface area (Å²) in [4.78, 5) is 2.56. The predicted molar refractivity (Wildman–Crippen MR) is 80.9 cm³/mol. The maximum absolute atomic E-state index is 3.70. The fourth-order valence-electron chi connectivity index (χ4n) is 3.37. The molecule has 4 unspecified atom stereocenters. The zero-order valence-corrected chi connectivity index (χ0v) is 13.2. The summed E-state index contributed by atoms with van der Waals surface area (Å²) in [7, 11) is 2.30. The van der Waals surface area contributed by atoms with E-state index in [4.69, 9.17) is 0 Å². The number of hydrogen-bond donors (Lipinski definition) is 1. The van der Waals surface area contributed by atoms with E-state index in [1.165, 1.54) is 38.8 Å². The molecule has 18 heavy (non-hydrogen) atoms. The van der Waals surface area contributed by atoms with Gasteiger partial charge in [0.15, 0.2) is 0 Å². The molecule has 0 aromatic heterocycles. The van der Waals surface area contributed by atoms with Crippen molar-refractivity contribution in [3.8, 4) is 0 Å². The molecule has 2 heteroatoms. The Hall–Kier alpha value is -0.0800. The Kier molecular flexibility index (Phi) is 7.25. The first-order valence-electron chi connectivity index (χ1n) is 7.98. The molecule has 4 atom stereocenters. The predicted octanol–water partition coefficient (Wildman–Crippen LogP) is 3.38. The Balaban J connectivity index is 2.44. The standard InChI is InChI=1S/C16H34N2/c1-6-13(3)11-18(5)12-15-10-14(4)8-9-16(15)17-7-2/h13-17H,6-12H2,1-5H3. The SMILES string of the molecule is CCNC1CCC(C)CC1CN(C)CC(C)CC. The van der Waals surface area contributed by atoms with E-state index in [-0.39, 0.29) is 0 Å². The smallest absolute Gasteiger partial charge is 0.0108 e. The summed E-state index contributed by atoms with van der Waals surface area (Å²) in [6.07, 6.45) is 5.48. The van der Waals surface area contributed by atoms with Crippen molar-refractivity contribution in [2.45, 2.75) is 59.4 Å². The molecular formula is C16H34N2. The lowest BCUT2D eigenvalue weighted by atomic mass is 9.78. The largest absolute Gasteiger partial charge is 0.314 e. The van der Waals surface area contributed by atoms with Crippen LogP contribution in [0.1, 0.15) is 53.4 Å². The van der Waals surface area contributed by atoms with Crippen LogP contribution in [0.2, 0.25) is 0 Å². The van der Waals surface area contributed by atoms with Crippen molar-refractivity contribution in [3.63, 3.8) is 0 Å². The first-order chi connectivity index (χ1) is 8.56. The topological polar surface area (TPSA) is 15.3 Å². The second-order valence-electron chi connectivity index (χ2n) is 6.58. The first kappa shape index (κ1) is 16.0. The highest BCUT2D eigenvalue weighted by atomic mass is 15.1. The summed E-state index contributed by atoms with van der Waals surface area (Å²) in [5.41, 5.74) is 0. The normalized spacial score (nSPS) is 30.7. The van der Waals surface area contributed by atoms with Gasteiger partial charge in [0.1, 0.15) is 0 Å². The van der Waals surface area contributed by atoms with Crippen LogP contribution in [-0.2, 0) is 0 Å². The molecule has 1 rings (SSSR count). The minimum Gasteiger partial charge on any atom is -0.314 e. The molecule has 0 spiro atoms. The van der Waals surface area contributed by atoms with Crippen molar-refractivity contribution in [1.82, 2.24) is 10.2 Å². The summed E-state index contributed by atoms with van der Waals surface area (Å²) < 4.78 is 0. The van der Waals surface area contributed by atoms with Crippen molar-refractivity contribution in [2.75, 3.05) is 26.7 Å². The molecule has 0 bridgehead atoms. The molecule has 1 saturated carbocycles. The van der Waals surface area contributed by atoms with Crippen LogP contribution in [-0.4, -0.2) is 37.6 Å². The first-order valence-corrected chi connectivity index (χ1v) is 7.98. The second kappa shape index (κ2) is 8.16. The number of rotatable bonds is 7. The lowest BCUT2D eigenvalue weighted by Crippen LogP contribution is -2.45. The summed E-state index contributed by atoms with van der Waals surface area (Å²) in [5.74, 6) is 2.60. The van der Waals surface area contributed by atoms with Gasteiger partial charge in [-0.1, -0.05) is 34.1 Å². The Labute approximate surface area is 115 Å². The molecule has 0 aliphatic heterocycles. The zero-order chi connectivity index (χ0) is 13.5. The van der Waals surface area contributed by atoms with Crippen molar-refractivity contribution in [2.24, 2.45) is 17.8 Å². The van der Waals surface area contributed by atoms with Gasteiger partial charge in [0, 0.05) is 19.1 Å². The van der Waals surface area contributed by atoms with Crippen LogP contribution in [0.15, 0.2) is 0 Å². The monoisotopic (exact) mass is 254 g/mol. The third-order valence-electron chi connectivity index (χ3n) is 4.58. The molecule has 1 fully saturated rings. The Bertz CT molecular complexity index is 217. The van der Waals surface area contributed by atoms with Crippen LogP contribution in [0.25, 0.3) is 0 Å². The molecule has 0 saturated heterocycles. The zero-order valence-electron chi connectivity index (χ0n) is 13.2. The summed E-state index contributed by atoms with van der Waals surface area (Å²) in [6.45, 7) is 12.9. The fourth-order valence-corrected chi connectivity index (χ4v) is 3.37. The Morgan fingerprint density at radius 3 is 2.61 bits per heavy atom. The van der Waals surface area contributed by atoms with E-state index in [1.807, 2.05) is 0 Å². The molecule has 0 radical (unpaired) electrons. The Morgan fingerprint density at radius 1 is 1.28 bits per heavy atom. The van der Waals surface area contributed by atoms with Gasteiger partial charge >= 0.3 is 0 Å². The van der Waals surface area contributed by atoms with Crippen LogP contribution < -0.4 is 5.32 Å². The molecule has 108 valence electrons. The van der Waals surface area contributed by atoms with E-state index in [1.54, 1.807) is 0 Å². The van der Waals surface area contributed by atoms with Gasteiger partial charge in [-0.3, -0.25) is 0 Å². The van der Waals surface area contributed by atoms with Crippen molar-refractivity contribution in [3.05, 3.63) is 0 Å². The van der Waals surface area contributed by atoms with Gasteiger partial charge in [-0.05, 0) is 50.6 Å². The highest BCUT2D eigenvalue weighted by molar-refractivity contribution is 4.85. The van der Waals surface area contributed by atoms with E-state index < -0.39 is 0 Å². The van der Waals surface area contributed by atoms with E-state index in [9.17, 15) is 0 Å². The number of hydrogen-bond acceptors (Lipinski definition) is 2. The average Bonchev–Trinajstić information content (AvgIpc) is 2.32. The molecule has 1 aliphatic rings. The van der Waals surface area contributed by atoms with Crippen LogP contribution >= 0.6 is 0 Å². The van der Waals surface area contributed by atoms with Gasteiger partial charge in [0.05, 0.1) is 0 Å². The molecule has 0 amide bonds. The van der Waals surface area contributed by atoms with Crippen molar-refractivity contribution >= 4 is 0 Å². The lowest BCUT2D eigenvalue weighted by Gasteiger charge is -2.38. The maximum Gasteiger partial charge on any atom is 0.0108 e. The molecule has 1 N–H and O–H groups in total. The van der Waals surface area contributed by atoms with Gasteiger partial charge in [-0.25, -0.2) is 0 Å². The summed E-state index contributed by atoms with van der Waals surface area (Å²) >= 11 is 0. The number of nitrogens with one attached hydrogen (secondary N) is 1. The van der Waals surface area contributed by atoms with Crippen LogP contribution in [0.3, 0.4) is 0 Å². The summed E-state index contributed by atoms with van der Waals surface area (Å²) in [5, 5.41) is 3.70. The highest BCUT2D eigenvalue weighted by Gasteiger charge is 2.28. The van der Waals surface area contributed by atoms with E-state index in [0.717, 1.165) is 30.3 Å². The van der Waals surface area contributed by atoms with Gasteiger partial charge in [0.2, 0.25) is 0 Å². The second-order valence-corrected chi connectivity index (χ2v) is 6.58. The average molecular weight is 254 g/mol. The lowest BCUT2D eigenvalue weighted by molar-refractivity contribution is 0.152. The van der Waals surface area contributed by atoms with Gasteiger partial charge in [-0.15, -0.1) is 0 Å². The van der Waals surface area contributed by atoms with Crippen molar-refractivity contribution in [1.29, 1.82) is 0 Å². The van der Waals surface area contributed by atoms with Crippen LogP contribution in [0.4, 0.5) is 0 Å². The minimum absolute atomic E-state index is 0.755. The van der Waals surface area contributed by atoms with Gasteiger partial charge < -0.3 is 10.2 Å². The minimum atomic E-state index is 0.755. The molecule has 0 heterocycles. The van der Waals surface area contributed by atoms with Crippen LogP contribution in [0.5, 0.6) is 0 Å². The highest BCUT2D eigenvalue weighted by Crippen LogP contribution is 2.29. The van der Waals surface area contributed by atoms with Crippen molar-refractivity contribution < 1.29 is 0 Å². The van der Waals surface area contributed by atoms with E-state index in [0.29, 0.717) is 0 Å². The quantitative estimate of drug-likeness (QED) is 0.749. The molecule has 1 aliphatic carbocycles. The molecule has 0 aromatic rings. The fraction of sp³-hybridized carbons (Fsp3) is 1.00. The van der Waals surface area contributed by atoms with E-state index >= 15 is 0 Å². The molecular weight excluding hydrogens is 220 g/mol.